The second-order valence-electron chi connectivity index (χ2n) is 3.71. The Hall–Kier alpha value is -1.48. The van der Waals surface area contributed by atoms with Crippen LogP contribution in [-0.4, -0.2) is 9.97 Å². The minimum atomic E-state index is 0.622. The van der Waals surface area contributed by atoms with Gasteiger partial charge in [-0.15, -0.1) is 0 Å². The van der Waals surface area contributed by atoms with Crippen LogP contribution in [-0.2, 0) is 6.42 Å². The van der Waals surface area contributed by atoms with E-state index in [9.17, 15) is 0 Å². The molecule has 1 heterocycles. The number of H-pyrrole nitrogens is 1. The van der Waals surface area contributed by atoms with Crippen LogP contribution < -0.4 is 5.73 Å². The van der Waals surface area contributed by atoms with Crippen LogP contribution >= 0.6 is 11.6 Å². The van der Waals surface area contributed by atoms with Gasteiger partial charge in [-0.1, -0.05) is 24.6 Å². The molecule has 3 nitrogen and oxygen atoms in total. The van der Waals surface area contributed by atoms with Gasteiger partial charge in [0, 0.05) is 11.4 Å². The molecule has 0 aliphatic heterocycles. The van der Waals surface area contributed by atoms with Gasteiger partial charge in [-0.25, -0.2) is 4.98 Å². The molecule has 0 amide bonds. The maximum atomic E-state index is 6.13. The van der Waals surface area contributed by atoms with Crippen LogP contribution in [0.4, 0.5) is 5.69 Å². The molecule has 0 radical (unpaired) electrons. The number of anilines is 1. The lowest BCUT2D eigenvalue weighted by Gasteiger charge is -2.04. The van der Waals surface area contributed by atoms with Gasteiger partial charge in [-0.3, -0.25) is 0 Å². The Morgan fingerprint density at radius 2 is 2.19 bits per heavy atom. The molecule has 2 rings (SSSR count). The van der Waals surface area contributed by atoms with Crippen molar-refractivity contribution < 1.29 is 0 Å². The van der Waals surface area contributed by atoms with E-state index in [2.05, 4.69) is 16.9 Å². The molecule has 16 heavy (non-hydrogen) atoms. The lowest BCUT2D eigenvalue weighted by atomic mass is 10.2. The molecule has 84 valence electrons. The molecule has 0 unspecified atom stereocenters. The van der Waals surface area contributed by atoms with Crippen molar-refractivity contribution in [2.45, 2.75) is 20.3 Å². The number of hydrogen-bond donors (Lipinski definition) is 2. The van der Waals surface area contributed by atoms with Crippen molar-refractivity contribution in [2.75, 3.05) is 5.73 Å². The summed E-state index contributed by atoms with van der Waals surface area (Å²) in [6.45, 7) is 4.07. The Labute approximate surface area is 99.7 Å². The Morgan fingerprint density at radius 3 is 2.75 bits per heavy atom. The number of aromatic amines is 1. The van der Waals surface area contributed by atoms with Crippen molar-refractivity contribution in [3.05, 3.63) is 34.6 Å². The Balaban J connectivity index is 2.58. The quantitative estimate of drug-likeness (QED) is 0.786. The van der Waals surface area contributed by atoms with Crippen LogP contribution in [0.5, 0.6) is 0 Å². The first-order chi connectivity index (χ1) is 7.63. The van der Waals surface area contributed by atoms with Gasteiger partial charge in [0.05, 0.1) is 16.3 Å². The molecular formula is C12H14ClN3. The lowest BCUT2D eigenvalue weighted by Crippen LogP contribution is -1.92. The van der Waals surface area contributed by atoms with Gasteiger partial charge in [-0.2, -0.15) is 0 Å². The fourth-order valence-corrected chi connectivity index (χ4v) is 2.02. The van der Waals surface area contributed by atoms with Crippen LogP contribution in [0, 0.1) is 6.92 Å². The van der Waals surface area contributed by atoms with Gasteiger partial charge in [0.15, 0.2) is 0 Å². The van der Waals surface area contributed by atoms with Gasteiger partial charge in [0.1, 0.15) is 5.82 Å². The van der Waals surface area contributed by atoms with Gasteiger partial charge < -0.3 is 10.7 Å². The summed E-state index contributed by atoms with van der Waals surface area (Å²) < 4.78 is 0. The number of rotatable bonds is 2. The topological polar surface area (TPSA) is 54.7 Å². The van der Waals surface area contributed by atoms with Gasteiger partial charge in [0.2, 0.25) is 0 Å². The highest BCUT2D eigenvalue weighted by Gasteiger charge is 2.12. The molecule has 0 aliphatic rings. The van der Waals surface area contributed by atoms with E-state index in [1.54, 1.807) is 0 Å². The molecule has 0 saturated carbocycles. The Morgan fingerprint density at radius 1 is 1.44 bits per heavy atom. The smallest absolute Gasteiger partial charge is 0.141 e. The third-order valence-corrected chi connectivity index (χ3v) is 2.92. The molecule has 0 aliphatic carbocycles. The summed E-state index contributed by atoms with van der Waals surface area (Å²) in [5.74, 6) is 0.748. The maximum absolute atomic E-state index is 6.13. The fraction of sp³-hybridized carbons (Fsp3) is 0.250. The average molecular weight is 236 g/mol. The summed E-state index contributed by atoms with van der Waals surface area (Å²) in [4.78, 5) is 7.72. The van der Waals surface area contributed by atoms with Crippen LogP contribution in [0.3, 0.4) is 0 Å². The van der Waals surface area contributed by atoms with Gasteiger partial charge in [-0.05, 0) is 25.5 Å². The standard InChI is InChI=1S/C12H14ClN3/c1-3-10-7(2)15-12(16-10)11-8(13)5-4-6-9(11)14/h4-6H,3,14H2,1-2H3,(H,15,16). The summed E-state index contributed by atoms with van der Waals surface area (Å²) in [6.07, 6.45) is 0.896. The predicted octanol–water partition coefficient (Wildman–Crippen LogP) is 3.18. The van der Waals surface area contributed by atoms with Crippen LogP contribution in [0.25, 0.3) is 11.4 Å². The number of benzene rings is 1. The minimum Gasteiger partial charge on any atom is -0.398 e. The first-order valence-corrected chi connectivity index (χ1v) is 5.61. The number of nitrogens with zero attached hydrogens (tertiary/aromatic N) is 1. The lowest BCUT2D eigenvalue weighted by molar-refractivity contribution is 1.04. The summed E-state index contributed by atoms with van der Waals surface area (Å²) >= 11 is 6.13. The number of aryl methyl sites for hydroxylation is 2. The van der Waals surface area contributed by atoms with E-state index in [1.165, 1.54) is 0 Å². The molecule has 3 N–H and O–H groups in total. The van der Waals surface area contributed by atoms with Crippen LogP contribution in [0.15, 0.2) is 18.2 Å². The highest BCUT2D eigenvalue weighted by atomic mass is 35.5. The summed E-state index contributed by atoms with van der Waals surface area (Å²) in [5.41, 5.74) is 9.45. The zero-order chi connectivity index (χ0) is 11.7. The van der Waals surface area contributed by atoms with Crippen molar-refractivity contribution >= 4 is 17.3 Å². The number of nitrogens with one attached hydrogen (secondary N) is 1. The number of nitrogens with two attached hydrogens (primary N) is 1. The normalized spacial score (nSPS) is 10.7. The van der Waals surface area contributed by atoms with Gasteiger partial charge >= 0.3 is 0 Å². The predicted molar refractivity (Wildman–Crippen MR) is 67.6 cm³/mol. The highest BCUT2D eigenvalue weighted by molar-refractivity contribution is 6.33. The van der Waals surface area contributed by atoms with E-state index in [0.717, 1.165) is 29.2 Å². The molecule has 0 bridgehead atoms. The summed E-state index contributed by atoms with van der Waals surface area (Å²) in [5, 5.41) is 0.622. The molecule has 0 fully saturated rings. The van der Waals surface area contributed by atoms with Crippen molar-refractivity contribution in [3.63, 3.8) is 0 Å². The molecule has 0 saturated heterocycles. The molecule has 4 heteroatoms. The minimum absolute atomic E-state index is 0.622. The Bertz CT molecular complexity index is 497. The van der Waals surface area contributed by atoms with E-state index < -0.39 is 0 Å². The Kier molecular flexibility index (Phi) is 2.88. The highest BCUT2D eigenvalue weighted by Crippen LogP contribution is 2.31. The van der Waals surface area contributed by atoms with E-state index in [4.69, 9.17) is 17.3 Å². The third kappa shape index (κ3) is 1.78. The van der Waals surface area contributed by atoms with Crippen LogP contribution in [0.1, 0.15) is 18.3 Å². The number of aromatic nitrogens is 2. The summed E-state index contributed by atoms with van der Waals surface area (Å²) in [6, 6.07) is 5.47. The second kappa shape index (κ2) is 4.18. The van der Waals surface area contributed by atoms with Crippen molar-refractivity contribution in [2.24, 2.45) is 0 Å². The molecule has 0 atom stereocenters. The van der Waals surface area contributed by atoms with E-state index in [1.807, 2.05) is 25.1 Å². The molecular weight excluding hydrogens is 222 g/mol. The number of nitrogen functional groups attached to an aromatic ring is 1. The monoisotopic (exact) mass is 235 g/mol. The van der Waals surface area contributed by atoms with Crippen molar-refractivity contribution in [1.29, 1.82) is 0 Å². The number of imidazole rings is 1. The molecule has 1 aromatic heterocycles. The van der Waals surface area contributed by atoms with Crippen molar-refractivity contribution in [3.8, 4) is 11.4 Å². The largest absolute Gasteiger partial charge is 0.398 e. The first-order valence-electron chi connectivity index (χ1n) is 5.23. The molecule has 0 spiro atoms. The van der Waals surface area contributed by atoms with Crippen LogP contribution in [0.2, 0.25) is 5.02 Å². The first kappa shape index (κ1) is 11.0. The van der Waals surface area contributed by atoms with E-state index >= 15 is 0 Å². The van der Waals surface area contributed by atoms with Gasteiger partial charge in [0.25, 0.3) is 0 Å². The molecule has 1 aromatic carbocycles. The molecule has 2 aromatic rings. The maximum Gasteiger partial charge on any atom is 0.141 e. The third-order valence-electron chi connectivity index (χ3n) is 2.60. The fourth-order valence-electron chi connectivity index (χ4n) is 1.75. The zero-order valence-electron chi connectivity index (χ0n) is 9.34. The second-order valence-corrected chi connectivity index (χ2v) is 4.12. The number of halogens is 1. The average Bonchev–Trinajstić information content (AvgIpc) is 2.59. The van der Waals surface area contributed by atoms with E-state index in [-0.39, 0.29) is 0 Å². The summed E-state index contributed by atoms with van der Waals surface area (Å²) in [7, 11) is 0. The zero-order valence-corrected chi connectivity index (χ0v) is 10.1. The number of hydrogen-bond acceptors (Lipinski definition) is 2. The van der Waals surface area contributed by atoms with E-state index in [0.29, 0.717) is 10.7 Å². The van der Waals surface area contributed by atoms with Crippen molar-refractivity contribution in [1.82, 2.24) is 9.97 Å². The SMILES string of the molecule is CCc1nc(-c2c(N)cccc2Cl)[nH]c1C.